The summed E-state index contributed by atoms with van der Waals surface area (Å²) in [5.41, 5.74) is 0.707. The van der Waals surface area contributed by atoms with Crippen LogP contribution in [0, 0.1) is 0 Å². The molecule has 22 heavy (non-hydrogen) atoms. The Kier molecular flexibility index (Phi) is 5.14. The maximum Gasteiger partial charge on any atom is 0.437 e. The number of aromatic nitrogens is 2. The molecule has 1 aromatic heterocycles. The van der Waals surface area contributed by atoms with Gasteiger partial charge in [0.25, 0.3) is 0 Å². The minimum atomic E-state index is -0.622. The molecule has 1 unspecified atom stereocenters. The van der Waals surface area contributed by atoms with Crippen molar-refractivity contribution in [1.82, 2.24) is 14.7 Å². The third-order valence-electron chi connectivity index (χ3n) is 3.67. The van der Waals surface area contributed by atoms with Gasteiger partial charge in [-0.05, 0) is 25.5 Å². The first-order valence-electron chi connectivity index (χ1n) is 7.42. The van der Waals surface area contributed by atoms with Gasteiger partial charge in [0.05, 0.1) is 0 Å². The smallest absolute Gasteiger partial charge is 0.388 e. The second-order valence-corrected chi connectivity index (χ2v) is 5.34. The molecule has 0 N–H and O–H groups in total. The van der Waals surface area contributed by atoms with Gasteiger partial charge in [-0.2, -0.15) is 4.68 Å². The molecule has 6 nitrogen and oxygen atoms in total. The number of hydrogen-bond donors (Lipinski definition) is 0. The summed E-state index contributed by atoms with van der Waals surface area (Å²) in [7, 11) is 1.74. The summed E-state index contributed by atoms with van der Waals surface area (Å²) >= 11 is 0. The van der Waals surface area contributed by atoms with Gasteiger partial charge in [0.2, 0.25) is 11.8 Å². The van der Waals surface area contributed by atoms with Crippen LogP contribution in [0.15, 0.2) is 39.5 Å². The van der Waals surface area contributed by atoms with Gasteiger partial charge >= 0.3 is 5.76 Å². The van der Waals surface area contributed by atoms with Gasteiger partial charge in [0.1, 0.15) is 6.54 Å². The summed E-state index contributed by atoms with van der Waals surface area (Å²) in [6.45, 7) is 3.95. The van der Waals surface area contributed by atoms with E-state index < -0.39 is 5.76 Å². The lowest BCUT2D eigenvalue weighted by Gasteiger charge is -2.24. The summed E-state index contributed by atoms with van der Waals surface area (Å²) in [5.74, 6) is -0.553. The fraction of sp³-hybridized carbons (Fsp3) is 0.438. The van der Waals surface area contributed by atoms with E-state index in [9.17, 15) is 9.59 Å². The maximum absolute atomic E-state index is 12.2. The number of carbonyl (C=O) groups excluding carboxylic acids is 1. The zero-order chi connectivity index (χ0) is 16.1. The van der Waals surface area contributed by atoms with Crippen molar-refractivity contribution >= 4 is 5.91 Å². The third kappa shape index (κ3) is 3.63. The molecule has 0 aliphatic heterocycles. The second-order valence-electron chi connectivity index (χ2n) is 5.34. The van der Waals surface area contributed by atoms with E-state index in [4.69, 9.17) is 4.42 Å². The molecule has 1 aromatic carbocycles. The lowest BCUT2D eigenvalue weighted by atomic mass is 10.2. The van der Waals surface area contributed by atoms with Crippen LogP contribution < -0.4 is 5.76 Å². The summed E-state index contributed by atoms with van der Waals surface area (Å²) < 4.78 is 6.18. The number of likely N-dealkylation sites (N-methyl/N-ethyl adjacent to an activating group) is 1. The largest absolute Gasteiger partial charge is 0.437 e. The van der Waals surface area contributed by atoms with Crippen LogP contribution in [0.4, 0.5) is 0 Å². The molecular weight excluding hydrogens is 282 g/mol. The number of nitrogens with zero attached hydrogens (tertiary/aromatic N) is 3. The molecule has 0 saturated heterocycles. The first-order chi connectivity index (χ1) is 10.5. The number of hydrogen-bond acceptors (Lipinski definition) is 4. The number of benzene rings is 1. The molecule has 1 heterocycles. The molecule has 0 radical (unpaired) electrons. The first-order valence-corrected chi connectivity index (χ1v) is 7.42. The van der Waals surface area contributed by atoms with Crippen LogP contribution in [-0.2, 0) is 11.3 Å². The molecular formula is C16H21N3O3. The van der Waals surface area contributed by atoms with Crippen LogP contribution in [0.25, 0.3) is 11.5 Å². The van der Waals surface area contributed by atoms with Crippen LogP contribution in [0.5, 0.6) is 0 Å². The number of carbonyl (C=O) groups is 1. The Morgan fingerprint density at radius 1 is 1.36 bits per heavy atom. The van der Waals surface area contributed by atoms with Crippen LogP contribution in [0.3, 0.4) is 0 Å². The minimum Gasteiger partial charge on any atom is -0.388 e. The SMILES string of the molecule is CCCC(C)N(C)C(=O)Cn1nc(-c2ccccc2)oc1=O. The monoisotopic (exact) mass is 303 g/mol. The van der Waals surface area contributed by atoms with E-state index in [0.717, 1.165) is 17.5 Å². The molecule has 0 fully saturated rings. The highest BCUT2D eigenvalue weighted by Gasteiger charge is 2.18. The Morgan fingerprint density at radius 2 is 2.05 bits per heavy atom. The average molecular weight is 303 g/mol. The summed E-state index contributed by atoms with van der Waals surface area (Å²) in [5, 5.41) is 4.10. The van der Waals surface area contributed by atoms with Gasteiger partial charge in [0.15, 0.2) is 0 Å². The zero-order valence-corrected chi connectivity index (χ0v) is 13.2. The predicted octanol–water partition coefficient (Wildman–Crippen LogP) is 2.15. The van der Waals surface area contributed by atoms with Crippen molar-refractivity contribution in [2.45, 2.75) is 39.3 Å². The Hall–Kier alpha value is -2.37. The van der Waals surface area contributed by atoms with Crippen molar-refractivity contribution in [3.05, 3.63) is 40.9 Å². The molecule has 0 spiro atoms. The van der Waals surface area contributed by atoms with E-state index in [2.05, 4.69) is 12.0 Å². The van der Waals surface area contributed by atoms with E-state index in [-0.39, 0.29) is 24.4 Å². The van der Waals surface area contributed by atoms with E-state index in [1.165, 1.54) is 0 Å². The predicted molar refractivity (Wildman–Crippen MR) is 83.3 cm³/mol. The second kappa shape index (κ2) is 7.06. The molecule has 6 heteroatoms. The molecule has 2 rings (SSSR count). The van der Waals surface area contributed by atoms with Gasteiger partial charge in [-0.1, -0.05) is 31.5 Å². The van der Waals surface area contributed by atoms with E-state index in [1.54, 1.807) is 24.1 Å². The highest BCUT2D eigenvalue weighted by molar-refractivity contribution is 5.75. The van der Waals surface area contributed by atoms with E-state index in [0.29, 0.717) is 5.56 Å². The van der Waals surface area contributed by atoms with E-state index >= 15 is 0 Å². The average Bonchev–Trinajstić information content (AvgIpc) is 2.88. The lowest BCUT2D eigenvalue weighted by Crippen LogP contribution is -2.38. The van der Waals surface area contributed by atoms with Crippen molar-refractivity contribution in [2.24, 2.45) is 0 Å². The van der Waals surface area contributed by atoms with Crippen molar-refractivity contribution < 1.29 is 9.21 Å². The molecule has 0 bridgehead atoms. The van der Waals surface area contributed by atoms with Crippen molar-refractivity contribution in [3.63, 3.8) is 0 Å². The molecule has 0 aliphatic carbocycles. The van der Waals surface area contributed by atoms with Crippen molar-refractivity contribution in [2.75, 3.05) is 7.05 Å². The van der Waals surface area contributed by atoms with Crippen molar-refractivity contribution in [1.29, 1.82) is 0 Å². The summed E-state index contributed by atoms with van der Waals surface area (Å²) in [4.78, 5) is 25.7. The van der Waals surface area contributed by atoms with Crippen LogP contribution in [0.1, 0.15) is 26.7 Å². The standard InChI is InChI=1S/C16H21N3O3/c1-4-8-12(2)18(3)14(20)11-19-16(21)22-15(17-19)13-9-6-5-7-10-13/h5-7,9-10,12H,4,8,11H2,1-3H3. The quantitative estimate of drug-likeness (QED) is 0.820. The molecule has 0 aliphatic rings. The maximum atomic E-state index is 12.2. The lowest BCUT2D eigenvalue weighted by molar-refractivity contribution is -0.132. The van der Waals surface area contributed by atoms with Gasteiger partial charge < -0.3 is 9.32 Å². The van der Waals surface area contributed by atoms with Crippen molar-refractivity contribution in [3.8, 4) is 11.5 Å². The van der Waals surface area contributed by atoms with Crippen LogP contribution in [0.2, 0.25) is 0 Å². The molecule has 0 saturated carbocycles. The Balaban J connectivity index is 2.12. The topological polar surface area (TPSA) is 68.3 Å². The molecule has 1 atom stereocenters. The Morgan fingerprint density at radius 3 is 2.68 bits per heavy atom. The Labute approximate surface area is 129 Å². The van der Waals surface area contributed by atoms with Gasteiger partial charge in [-0.15, -0.1) is 5.10 Å². The van der Waals surface area contributed by atoms with E-state index in [1.807, 2.05) is 25.1 Å². The number of amides is 1. The third-order valence-corrected chi connectivity index (χ3v) is 3.67. The summed E-state index contributed by atoms with van der Waals surface area (Å²) in [6, 6.07) is 9.26. The highest BCUT2D eigenvalue weighted by Crippen LogP contribution is 2.14. The minimum absolute atomic E-state index is 0.111. The molecule has 118 valence electrons. The van der Waals surface area contributed by atoms with Crippen LogP contribution >= 0.6 is 0 Å². The fourth-order valence-corrected chi connectivity index (χ4v) is 2.20. The van der Waals surface area contributed by atoms with Gasteiger partial charge in [0, 0.05) is 18.7 Å². The van der Waals surface area contributed by atoms with Crippen LogP contribution in [-0.4, -0.2) is 33.7 Å². The zero-order valence-electron chi connectivity index (χ0n) is 13.2. The summed E-state index contributed by atoms with van der Waals surface area (Å²) in [6.07, 6.45) is 1.92. The number of rotatable bonds is 6. The molecule has 1 amide bonds. The van der Waals surface area contributed by atoms with Gasteiger partial charge in [-0.3, -0.25) is 4.79 Å². The molecule has 2 aromatic rings. The fourth-order valence-electron chi connectivity index (χ4n) is 2.20. The Bertz CT molecular complexity index is 675. The highest BCUT2D eigenvalue weighted by atomic mass is 16.4. The first kappa shape index (κ1) is 16.0. The normalized spacial score (nSPS) is 12.1. The van der Waals surface area contributed by atoms with Gasteiger partial charge in [-0.25, -0.2) is 4.79 Å².